The molecule has 23 unspecified atom stereocenters. The first-order valence-corrected chi connectivity index (χ1v) is 25.5. The van der Waals surface area contributed by atoms with Gasteiger partial charge in [-0.1, -0.05) is 46.3 Å². The van der Waals surface area contributed by atoms with E-state index in [1.165, 1.54) is 13.8 Å². The molecule has 3 saturated heterocycles. The van der Waals surface area contributed by atoms with Crippen LogP contribution in [0.1, 0.15) is 107 Å². The monoisotopic (exact) mass is 1040 g/mol. The van der Waals surface area contributed by atoms with Crippen molar-refractivity contribution in [2.75, 3.05) is 19.8 Å². The van der Waals surface area contributed by atoms with Crippen molar-refractivity contribution >= 4 is 23.9 Å². The Bertz CT molecular complexity index is 2180. The van der Waals surface area contributed by atoms with Crippen molar-refractivity contribution in [1.82, 2.24) is 0 Å². The van der Waals surface area contributed by atoms with Crippen LogP contribution in [0.4, 0.5) is 0 Å². The average Bonchev–Trinajstić information content (AvgIpc) is 3.30. The van der Waals surface area contributed by atoms with E-state index in [1.807, 2.05) is 13.8 Å². The van der Waals surface area contributed by atoms with Crippen LogP contribution in [0, 0.1) is 44.8 Å². The van der Waals surface area contributed by atoms with Gasteiger partial charge in [0.15, 0.2) is 25.0 Å². The summed E-state index contributed by atoms with van der Waals surface area (Å²) in [7, 11) is 0. The molecule has 8 rings (SSSR count). The third-order valence-electron chi connectivity index (χ3n) is 18.8. The molecule has 8 aliphatic rings. The standard InChI is InChI=1S/C51H76O22/c1-21-15-51(46(64)65)17-31(68-23(3)54)48(6,20-67-22(2)53)16-25(51)24-9-10-29-49(7)14-12-30(47(4,5)28(49)11-13-50(29,8)32(21)24)70-45-41(37(60)36(59)39(71-45)42(62)63)73-44-40(35(58)34(57)27(18-52)69-44)72-43-38(61)33(56)26(55)19-66-43/h9,25-31,33-41,43-45,52,55-61H,10-20H2,1-8H3,(H,62,63)(H,64,65). The van der Waals surface area contributed by atoms with Gasteiger partial charge in [0.2, 0.25) is 0 Å². The number of hydrogen-bond donors (Lipinski definition) is 10. The van der Waals surface area contributed by atoms with Gasteiger partial charge in [0.05, 0.1) is 24.7 Å². The maximum absolute atomic E-state index is 13.6. The summed E-state index contributed by atoms with van der Waals surface area (Å²) in [6.07, 6.45) is -20.8. The highest BCUT2D eigenvalue weighted by Crippen LogP contribution is 2.72. The Hall–Kier alpha value is -3.20. The normalized spacial score (nSPS) is 48.4. The molecule has 0 spiro atoms. The molecule has 412 valence electrons. The fourth-order valence-electron chi connectivity index (χ4n) is 15.1. The highest BCUT2D eigenvalue weighted by molar-refractivity contribution is 5.79. The summed E-state index contributed by atoms with van der Waals surface area (Å²) in [5.74, 6) is -4.04. The largest absolute Gasteiger partial charge is 0.481 e. The predicted octanol–water partition coefficient (Wildman–Crippen LogP) is 0.443. The van der Waals surface area contributed by atoms with Gasteiger partial charge in [-0.2, -0.15) is 0 Å². The van der Waals surface area contributed by atoms with Gasteiger partial charge in [-0.15, -0.1) is 0 Å². The van der Waals surface area contributed by atoms with Crippen LogP contribution < -0.4 is 0 Å². The number of esters is 2. The number of hydrogen-bond acceptors (Lipinski definition) is 20. The summed E-state index contributed by atoms with van der Waals surface area (Å²) in [4.78, 5) is 50.7. The number of carbonyl (C=O) groups is 4. The Balaban J connectivity index is 1.07. The third-order valence-corrected chi connectivity index (χ3v) is 18.8. The minimum atomic E-state index is -2.08. The van der Waals surface area contributed by atoms with Crippen LogP contribution in [0.15, 0.2) is 22.8 Å². The number of carboxylic acids is 2. The van der Waals surface area contributed by atoms with Gasteiger partial charge in [0, 0.05) is 31.6 Å². The predicted molar refractivity (Wildman–Crippen MR) is 247 cm³/mol. The van der Waals surface area contributed by atoms with E-state index in [1.54, 1.807) is 0 Å². The number of rotatable bonds is 12. The summed E-state index contributed by atoms with van der Waals surface area (Å²) in [5.41, 5.74) is -0.460. The molecule has 22 heteroatoms. The second kappa shape index (κ2) is 20.3. The number of carbonyl (C=O) groups excluding carboxylic acids is 2. The Morgan fingerprint density at radius 1 is 0.726 bits per heavy atom. The highest BCUT2D eigenvalue weighted by Gasteiger charge is 2.67. The van der Waals surface area contributed by atoms with Gasteiger partial charge in [0.25, 0.3) is 0 Å². The number of carboxylic acid groups (broad SMARTS) is 2. The van der Waals surface area contributed by atoms with E-state index in [0.29, 0.717) is 32.1 Å². The lowest BCUT2D eigenvalue weighted by atomic mass is 9.38. The fraction of sp³-hybridized carbons (Fsp3) is 0.843. The van der Waals surface area contributed by atoms with Crippen LogP contribution >= 0.6 is 0 Å². The summed E-state index contributed by atoms with van der Waals surface area (Å²) in [5, 5.41) is 107. The molecule has 0 aromatic heterocycles. The summed E-state index contributed by atoms with van der Waals surface area (Å²) in [6.45, 7) is 13.8. The summed E-state index contributed by atoms with van der Waals surface area (Å²) < 4.78 is 47.3. The molecule has 3 aliphatic heterocycles. The lowest BCUT2D eigenvalue weighted by Crippen LogP contribution is -2.67. The summed E-state index contributed by atoms with van der Waals surface area (Å²) in [6, 6.07) is 0. The first-order chi connectivity index (χ1) is 34.1. The van der Waals surface area contributed by atoms with Crippen LogP contribution in [-0.4, -0.2) is 193 Å². The van der Waals surface area contributed by atoms with E-state index in [-0.39, 0.29) is 36.7 Å². The van der Waals surface area contributed by atoms with Gasteiger partial charge in [-0.3, -0.25) is 14.4 Å². The zero-order valence-corrected chi connectivity index (χ0v) is 42.7. The molecular formula is C51H76O22. The maximum Gasteiger partial charge on any atom is 0.335 e. The molecule has 23 atom stereocenters. The molecule has 0 bridgehead atoms. The molecule has 3 saturated carbocycles. The Morgan fingerprint density at radius 2 is 1.37 bits per heavy atom. The van der Waals surface area contributed by atoms with Crippen molar-refractivity contribution in [1.29, 1.82) is 0 Å². The Kier molecular flexibility index (Phi) is 15.6. The van der Waals surface area contributed by atoms with Crippen molar-refractivity contribution in [3.05, 3.63) is 22.8 Å². The fourth-order valence-corrected chi connectivity index (χ4v) is 15.1. The molecule has 3 heterocycles. The first kappa shape index (κ1) is 56.0. The molecule has 73 heavy (non-hydrogen) atoms. The van der Waals surface area contributed by atoms with Crippen LogP contribution in [0.2, 0.25) is 0 Å². The molecule has 0 aromatic rings. The van der Waals surface area contributed by atoms with Gasteiger partial charge in [0.1, 0.15) is 73.8 Å². The quantitative estimate of drug-likeness (QED) is 0.0936. The minimum absolute atomic E-state index is 0.0217. The average molecular weight is 1040 g/mol. The molecule has 0 radical (unpaired) electrons. The van der Waals surface area contributed by atoms with Crippen molar-refractivity contribution in [3.8, 4) is 0 Å². The van der Waals surface area contributed by atoms with Gasteiger partial charge < -0.3 is 89.0 Å². The zero-order chi connectivity index (χ0) is 53.7. The molecule has 0 amide bonds. The first-order valence-electron chi connectivity index (χ1n) is 25.5. The van der Waals surface area contributed by atoms with E-state index in [9.17, 15) is 70.2 Å². The van der Waals surface area contributed by atoms with Gasteiger partial charge in [-0.05, 0) is 91.1 Å². The number of aliphatic hydroxyl groups excluding tert-OH is 8. The molecule has 0 aromatic carbocycles. The number of aliphatic carboxylic acids is 2. The molecule has 5 aliphatic carbocycles. The third kappa shape index (κ3) is 9.50. The van der Waals surface area contributed by atoms with E-state index in [0.717, 1.165) is 23.1 Å². The second-order valence-electron chi connectivity index (χ2n) is 23.6. The highest BCUT2D eigenvalue weighted by atomic mass is 16.8. The topological polar surface area (TPSA) is 344 Å². The summed E-state index contributed by atoms with van der Waals surface area (Å²) >= 11 is 0. The van der Waals surface area contributed by atoms with E-state index in [4.69, 9.17) is 37.9 Å². The van der Waals surface area contributed by atoms with Crippen molar-refractivity contribution in [3.63, 3.8) is 0 Å². The second-order valence-corrected chi connectivity index (χ2v) is 23.6. The molecule has 10 N–H and O–H groups in total. The molecule has 22 nitrogen and oxygen atoms in total. The van der Waals surface area contributed by atoms with Crippen molar-refractivity contribution < 1.29 is 108 Å². The SMILES string of the molecule is CC(=O)OCC1(C)CC2C3=CCC4C(C)(CCC5C(C)(C)C(OC6OC(C(=O)O)C(O)C(O)C6OC6OC(CO)C(O)C(O)C6OC6OCC(O)C(O)C6O)CCC45C)C3=C(C)CC2(C(=O)O)CC1OC(C)=O. The van der Waals surface area contributed by atoms with E-state index >= 15 is 0 Å². The van der Waals surface area contributed by atoms with Crippen molar-refractivity contribution in [2.45, 2.75) is 205 Å². The minimum Gasteiger partial charge on any atom is -0.481 e. The van der Waals surface area contributed by atoms with Gasteiger partial charge in [-0.25, -0.2) is 4.79 Å². The zero-order valence-electron chi connectivity index (χ0n) is 42.7. The Labute approximate surface area is 423 Å². The van der Waals surface area contributed by atoms with Crippen molar-refractivity contribution in [2.24, 2.45) is 44.8 Å². The number of fused-ring (bicyclic) bond motifs is 7. The lowest BCUT2D eigenvalue weighted by molar-refractivity contribution is -0.392. The number of ether oxygens (including phenoxy) is 8. The Morgan fingerprint density at radius 3 is 1.99 bits per heavy atom. The number of aliphatic hydroxyl groups is 8. The van der Waals surface area contributed by atoms with Crippen LogP contribution in [-0.2, 0) is 57.1 Å². The molecular weight excluding hydrogens is 965 g/mol. The smallest absolute Gasteiger partial charge is 0.335 e. The lowest BCUT2D eigenvalue weighted by Gasteiger charge is -2.67. The molecule has 6 fully saturated rings. The van der Waals surface area contributed by atoms with Crippen LogP contribution in [0.3, 0.4) is 0 Å². The van der Waals surface area contributed by atoms with E-state index in [2.05, 4.69) is 33.8 Å². The maximum atomic E-state index is 13.6. The van der Waals surface area contributed by atoms with E-state index < -0.39 is 163 Å². The van der Waals surface area contributed by atoms with Gasteiger partial charge >= 0.3 is 23.9 Å². The van der Waals surface area contributed by atoms with Crippen LogP contribution in [0.25, 0.3) is 0 Å². The van der Waals surface area contributed by atoms with Crippen LogP contribution in [0.5, 0.6) is 0 Å². The number of allylic oxidation sites excluding steroid dienone is 4.